The number of nitrogens with one attached hydrogen (secondary N) is 1. The van der Waals surface area contributed by atoms with Crippen LogP contribution in [0.25, 0.3) is 0 Å². The van der Waals surface area contributed by atoms with E-state index in [0.717, 1.165) is 13.1 Å². The molecule has 0 unspecified atom stereocenters. The quantitative estimate of drug-likeness (QED) is 0.854. The molecule has 1 heterocycles. The van der Waals surface area contributed by atoms with Crippen LogP contribution >= 0.6 is 11.6 Å². The van der Waals surface area contributed by atoms with Gasteiger partial charge in [-0.1, -0.05) is 11.6 Å². The summed E-state index contributed by atoms with van der Waals surface area (Å²) in [6, 6.07) is 4.10. The third kappa shape index (κ3) is 2.36. The molecule has 1 aliphatic rings. The topological polar surface area (TPSA) is 29.1 Å². The van der Waals surface area contributed by atoms with Crippen molar-refractivity contribution < 1.29 is 9.18 Å². The highest BCUT2D eigenvalue weighted by molar-refractivity contribution is 6.31. The third-order valence-electron chi connectivity index (χ3n) is 2.61. The lowest BCUT2D eigenvalue weighted by Gasteiger charge is -2.25. The predicted octanol–water partition coefficient (Wildman–Crippen LogP) is 1.81. The molecule has 0 aliphatic carbocycles. The van der Waals surface area contributed by atoms with Crippen molar-refractivity contribution in [1.82, 2.24) is 5.32 Å². The van der Waals surface area contributed by atoms with Gasteiger partial charge in [0, 0.05) is 30.5 Å². The molecule has 1 fully saturated rings. The van der Waals surface area contributed by atoms with Gasteiger partial charge in [-0.05, 0) is 23.8 Å². The summed E-state index contributed by atoms with van der Waals surface area (Å²) in [4.78, 5) is 11.6. The molecular formula is C11H11ClFNO. The molecule has 0 atom stereocenters. The molecule has 0 aromatic heterocycles. The summed E-state index contributed by atoms with van der Waals surface area (Å²) in [6.45, 7) is 1.46. The molecule has 1 aromatic rings. The standard InChI is InChI=1S/C11H11ClFNO/c12-10-2-1-9(13)3-7(10)4-11(15)8-5-14-6-8/h1-3,8,14H,4-6H2. The van der Waals surface area contributed by atoms with Gasteiger partial charge in [0.2, 0.25) is 0 Å². The van der Waals surface area contributed by atoms with Crippen LogP contribution in [0, 0.1) is 11.7 Å². The van der Waals surface area contributed by atoms with E-state index in [9.17, 15) is 9.18 Å². The van der Waals surface area contributed by atoms with Gasteiger partial charge in [0.05, 0.1) is 0 Å². The Labute approximate surface area is 92.4 Å². The fourth-order valence-electron chi connectivity index (χ4n) is 1.53. The van der Waals surface area contributed by atoms with E-state index in [-0.39, 0.29) is 23.9 Å². The number of carbonyl (C=O) groups excluding carboxylic acids is 1. The van der Waals surface area contributed by atoms with Crippen LogP contribution < -0.4 is 5.32 Å². The first kappa shape index (κ1) is 10.6. The lowest BCUT2D eigenvalue weighted by Crippen LogP contribution is -2.47. The van der Waals surface area contributed by atoms with Crippen molar-refractivity contribution in [2.24, 2.45) is 5.92 Å². The Morgan fingerprint density at radius 2 is 2.27 bits per heavy atom. The maximum absolute atomic E-state index is 12.9. The first-order chi connectivity index (χ1) is 7.16. The zero-order valence-corrected chi connectivity index (χ0v) is 8.85. The maximum Gasteiger partial charge on any atom is 0.142 e. The smallest absolute Gasteiger partial charge is 0.142 e. The van der Waals surface area contributed by atoms with Crippen LogP contribution in [0.2, 0.25) is 5.02 Å². The van der Waals surface area contributed by atoms with Crippen LogP contribution in [0.1, 0.15) is 5.56 Å². The van der Waals surface area contributed by atoms with E-state index >= 15 is 0 Å². The number of benzene rings is 1. The number of hydrogen-bond acceptors (Lipinski definition) is 2. The molecule has 4 heteroatoms. The van der Waals surface area contributed by atoms with E-state index in [1.807, 2.05) is 0 Å². The molecule has 0 spiro atoms. The fourth-order valence-corrected chi connectivity index (χ4v) is 1.71. The van der Waals surface area contributed by atoms with Crippen LogP contribution in [0.5, 0.6) is 0 Å². The van der Waals surface area contributed by atoms with E-state index in [1.165, 1.54) is 18.2 Å². The van der Waals surface area contributed by atoms with Crippen molar-refractivity contribution >= 4 is 17.4 Å². The summed E-state index contributed by atoms with van der Waals surface area (Å²) in [6.07, 6.45) is 0.225. The molecule has 1 saturated heterocycles. The molecule has 1 aromatic carbocycles. The SMILES string of the molecule is O=C(Cc1cc(F)ccc1Cl)C1CNC1. The van der Waals surface area contributed by atoms with Crippen molar-refractivity contribution in [3.63, 3.8) is 0 Å². The monoisotopic (exact) mass is 227 g/mol. The Morgan fingerprint density at radius 3 is 2.87 bits per heavy atom. The number of ketones is 1. The van der Waals surface area contributed by atoms with E-state index in [0.29, 0.717) is 10.6 Å². The third-order valence-corrected chi connectivity index (χ3v) is 2.98. The highest BCUT2D eigenvalue weighted by Crippen LogP contribution is 2.19. The number of carbonyl (C=O) groups is 1. The highest BCUT2D eigenvalue weighted by atomic mass is 35.5. The lowest BCUT2D eigenvalue weighted by molar-refractivity contribution is -0.123. The van der Waals surface area contributed by atoms with Crippen LogP contribution in [-0.2, 0) is 11.2 Å². The van der Waals surface area contributed by atoms with Crippen molar-refractivity contribution in [2.75, 3.05) is 13.1 Å². The minimum Gasteiger partial charge on any atom is -0.315 e. The Bertz CT molecular complexity index is 390. The second-order valence-corrected chi connectivity index (χ2v) is 4.14. The first-order valence-corrected chi connectivity index (χ1v) is 5.22. The second-order valence-electron chi connectivity index (χ2n) is 3.73. The largest absolute Gasteiger partial charge is 0.315 e. The van der Waals surface area contributed by atoms with Gasteiger partial charge in [-0.25, -0.2) is 4.39 Å². The molecular weight excluding hydrogens is 217 g/mol. The van der Waals surface area contributed by atoms with Crippen LogP contribution in [0.3, 0.4) is 0 Å². The van der Waals surface area contributed by atoms with Crippen LogP contribution in [0.4, 0.5) is 4.39 Å². The zero-order valence-electron chi connectivity index (χ0n) is 8.09. The van der Waals surface area contributed by atoms with Gasteiger partial charge in [0.1, 0.15) is 11.6 Å². The molecule has 1 N–H and O–H groups in total. The summed E-state index contributed by atoms with van der Waals surface area (Å²) >= 11 is 5.87. The number of hydrogen-bond donors (Lipinski definition) is 1. The van der Waals surface area contributed by atoms with E-state index in [1.54, 1.807) is 0 Å². The van der Waals surface area contributed by atoms with Crippen molar-refractivity contribution in [3.8, 4) is 0 Å². The Hall–Kier alpha value is -0.930. The Morgan fingerprint density at radius 1 is 1.53 bits per heavy atom. The van der Waals surface area contributed by atoms with Crippen molar-refractivity contribution in [1.29, 1.82) is 0 Å². The van der Waals surface area contributed by atoms with Gasteiger partial charge < -0.3 is 5.32 Å². The number of rotatable bonds is 3. The van der Waals surface area contributed by atoms with Gasteiger partial charge in [-0.2, -0.15) is 0 Å². The van der Waals surface area contributed by atoms with Gasteiger partial charge in [-0.15, -0.1) is 0 Å². The highest BCUT2D eigenvalue weighted by Gasteiger charge is 2.25. The summed E-state index contributed by atoms with van der Waals surface area (Å²) in [5, 5.41) is 3.48. The first-order valence-electron chi connectivity index (χ1n) is 4.84. The summed E-state index contributed by atoms with van der Waals surface area (Å²) in [7, 11) is 0. The Balaban J connectivity index is 2.09. The normalized spacial score (nSPS) is 16.1. The number of Topliss-reactive ketones (excluding diaryl/α,β-unsaturated/α-hetero) is 1. The minimum atomic E-state index is -0.353. The van der Waals surface area contributed by atoms with Crippen LogP contribution in [-0.4, -0.2) is 18.9 Å². The van der Waals surface area contributed by atoms with E-state index < -0.39 is 0 Å². The number of halogens is 2. The van der Waals surface area contributed by atoms with Crippen molar-refractivity contribution in [3.05, 3.63) is 34.6 Å². The predicted molar refractivity (Wildman–Crippen MR) is 56.5 cm³/mol. The molecule has 80 valence electrons. The van der Waals surface area contributed by atoms with Gasteiger partial charge >= 0.3 is 0 Å². The molecule has 0 amide bonds. The molecule has 0 bridgehead atoms. The Kier molecular flexibility index (Phi) is 3.03. The molecule has 1 aliphatic heterocycles. The van der Waals surface area contributed by atoms with Gasteiger partial charge in [0.15, 0.2) is 0 Å². The zero-order chi connectivity index (χ0) is 10.8. The summed E-state index contributed by atoms with van der Waals surface area (Å²) in [5.74, 6) is -0.153. The van der Waals surface area contributed by atoms with Gasteiger partial charge in [-0.3, -0.25) is 4.79 Å². The minimum absolute atomic E-state index is 0.0735. The molecule has 0 saturated carbocycles. The van der Waals surface area contributed by atoms with Crippen LogP contribution in [0.15, 0.2) is 18.2 Å². The fraction of sp³-hybridized carbons (Fsp3) is 0.364. The maximum atomic E-state index is 12.9. The summed E-state index contributed by atoms with van der Waals surface area (Å²) in [5.41, 5.74) is 0.577. The summed E-state index contributed by atoms with van der Waals surface area (Å²) < 4.78 is 12.9. The average molecular weight is 228 g/mol. The van der Waals surface area contributed by atoms with E-state index in [2.05, 4.69) is 5.32 Å². The molecule has 2 rings (SSSR count). The molecule has 15 heavy (non-hydrogen) atoms. The van der Waals surface area contributed by atoms with E-state index in [4.69, 9.17) is 11.6 Å². The second kappa shape index (κ2) is 4.29. The molecule has 2 nitrogen and oxygen atoms in total. The van der Waals surface area contributed by atoms with Crippen molar-refractivity contribution in [2.45, 2.75) is 6.42 Å². The average Bonchev–Trinajstić information content (AvgIpc) is 2.08. The molecule has 0 radical (unpaired) electrons. The van der Waals surface area contributed by atoms with Gasteiger partial charge in [0.25, 0.3) is 0 Å². The lowest BCUT2D eigenvalue weighted by atomic mass is 9.93.